The van der Waals surface area contributed by atoms with Crippen molar-refractivity contribution in [3.8, 4) is 0 Å². The number of nitrogens with zero attached hydrogens (tertiary/aromatic N) is 1. The van der Waals surface area contributed by atoms with Gasteiger partial charge in [-0.15, -0.1) is 0 Å². The second kappa shape index (κ2) is 5.23. The lowest BCUT2D eigenvalue weighted by Crippen LogP contribution is -2.29. The van der Waals surface area contributed by atoms with Gasteiger partial charge in [-0.2, -0.15) is 0 Å². The van der Waals surface area contributed by atoms with E-state index in [2.05, 4.69) is 46.1 Å². The van der Waals surface area contributed by atoms with Crippen LogP contribution in [0.3, 0.4) is 0 Å². The molecule has 0 aliphatic heterocycles. The highest BCUT2D eigenvalue weighted by Crippen LogP contribution is 2.08. The smallest absolute Gasteiger partial charge is 0.0197 e. The largest absolute Gasteiger partial charge is 0.375 e. The van der Waals surface area contributed by atoms with Crippen molar-refractivity contribution in [1.82, 2.24) is 4.90 Å². The Kier molecular flexibility index (Phi) is 5.03. The van der Waals surface area contributed by atoms with Crippen LogP contribution in [0.1, 0.15) is 34.6 Å². The minimum atomic E-state index is 0.723. The maximum atomic E-state index is 3.99. The number of hydrogen-bond donors (Lipinski definition) is 0. The maximum Gasteiger partial charge on any atom is 0.0197 e. The third-order valence-corrected chi connectivity index (χ3v) is 1.71. The van der Waals surface area contributed by atoms with Crippen LogP contribution in [0, 0.1) is 11.8 Å². The Labute approximate surface area is 77.5 Å². The highest BCUT2D eigenvalue weighted by Gasteiger charge is 2.07. The summed E-state index contributed by atoms with van der Waals surface area (Å²) in [6, 6.07) is 0. The summed E-state index contributed by atoms with van der Waals surface area (Å²) >= 11 is 0. The Morgan fingerprint density at radius 1 is 1.08 bits per heavy atom. The molecule has 0 saturated carbocycles. The molecule has 0 aliphatic carbocycles. The van der Waals surface area contributed by atoms with E-state index in [0.717, 1.165) is 24.9 Å². The first-order chi connectivity index (χ1) is 5.43. The van der Waals surface area contributed by atoms with Gasteiger partial charge in [0.2, 0.25) is 0 Å². The highest BCUT2D eigenvalue weighted by molar-refractivity contribution is 4.89. The van der Waals surface area contributed by atoms with Crippen molar-refractivity contribution in [1.29, 1.82) is 0 Å². The van der Waals surface area contributed by atoms with E-state index in [1.165, 1.54) is 5.70 Å². The number of rotatable bonds is 5. The SMILES string of the molecule is C=C(C)N(CC(C)C)CC(C)C. The first kappa shape index (κ1) is 11.5. The summed E-state index contributed by atoms with van der Waals surface area (Å²) in [7, 11) is 0. The Bertz CT molecular complexity index is 126. The van der Waals surface area contributed by atoms with E-state index < -0.39 is 0 Å². The molecule has 0 fully saturated rings. The van der Waals surface area contributed by atoms with Crippen LogP contribution in [0.15, 0.2) is 12.3 Å². The lowest BCUT2D eigenvalue weighted by atomic mass is 10.1. The van der Waals surface area contributed by atoms with E-state index in [1.54, 1.807) is 0 Å². The van der Waals surface area contributed by atoms with Gasteiger partial charge in [0, 0.05) is 18.8 Å². The van der Waals surface area contributed by atoms with E-state index in [4.69, 9.17) is 0 Å². The monoisotopic (exact) mass is 169 g/mol. The van der Waals surface area contributed by atoms with E-state index in [-0.39, 0.29) is 0 Å². The zero-order valence-corrected chi connectivity index (χ0v) is 9.22. The fraction of sp³-hybridized carbons (Fsp3) is 0.818. The molecule has 1 heteroatoms. The zero-order chi connectivity index (χ0) is 9.72. The van der Waals surface area contributed by atoms with Crippen molar-refractivity contribution in [2.45, 2.75) is 34.6 Å². The Balaban J connectivity index is 3.96. The molecule has 0 N–H and O–H groups in total. The standard InChI is InChI=1S/C11H23N/c1-9(2)7-12(11(5)6)8-10(3)4/h9-10H,5,7-8H2,1-4,6H3. The third-order valence-electron chi connectivity index (χ3n) is 1.71. The van der Waals surface area contributed by atoms with Crippen LogP contribution in [0.25, 0.3) is 0 Å². The molecule has 1 nitrogen and oxygen atoms in total. The molecular weight excluding hydrogens is 146 g/mol. The van der Waals surface area contributed by atoms with E-state index in [0.29, 0.717) is 0 Å². The second-order valence-electron chi connectivity index (χ2n) is 4.43. The normalized spacial score (nSPS) is 10.9. The van der Waals surface area contributed by atoms with Crippen LogP contribution < -0.4 is 0 Å². The fourth-order valence-electron chi connectivity index (χ4n) is 1.27. The number of allylic oxidation sites excluding steroid dienone is 1. The summed E-state index contributed by atoms with van der Waals surface area (Å²) in [5.41, 5.74) is 1.19. The number of hydrogen-bond acceptors (Lipinski definition) is 1. The van der Waals surface area contributed by atoms with Crippen LogP contribution in [-0.4, -0.2) is 18.0 Å². The van der Waals surface area contributed by atoms with Crippen LogP contribution in [0.5, 0.6) is 0 Å². The zero-order valence-electron chi connectivity index (χ0n) is 9.22. The van der Waals surface area contributed by atoms with E-state index >= 15 is 0 Å². The van der Waals surface area contributed by atoms with Gasteiger partial charge in [-0.25, -0.2) is 0 Å². The molecule has 0 rings (SSSR count). The molecule has 0 aliphatic rings. The van der Waals surface area contributed by atoms with Crippen molar-refractivity contribution < 1.29 is 0 Å². The van der Waals surface area contributed by atoms with Gasteiger partial charge in [0.25, 0.3) is 0 Å². The van der Waals surface area contributed by atoms with Crippen molar-refractivity contribution >= 4 is 0 Å². The predicted octanol–water partition coefficient (Wildman–Crippen LogP) is 3.13. The molecule has 0 atom stereocenters. The Morgan fingerprint density at radius 3 is 1.58 bits per heavy atom. The molecule has 0 heterocycles. The summed E-state index contributed by atoms with van der Waals surface area (Å²) < 4.78 is 0. The minimum Gasteiger partial charge on any atom is -0.375 e. The summed E-state index contributed by atoms with van der Waals surface area (Å²) in [5, 5.41) is 0. The summed E-state index contributed by atoms with van der Waals surface area (Å²) in [4.78, 5) is 2.37. The lowest BCUT2D eigenvalue weighted by molar-refractivity contribution is 0.275. The lowest BCUT2D eigenvalue weighted by Gasteiger charge is -2.28. The van der Waals surface area contributed by atoms with Crippen LogP contribution >= 0.6 is 0 Å². The van der Waals surface area contributed by atoms with Crippen molar-refractivity contribution in [3.63, 3.8) is 0 Å². The molecular formula is C11H23N. The molecule has 0 saturated heterocycles. The van der Waals surface area contributed by atoms with Crippen LogP contribution in [-0.2, 0) is 0 Å². The highest BCUT2D eigenvalue weighted by atomic mass is 15.1. The Hall–Kier alpha value is -0.460. The van der Waals surface area contributed by atoms with Gasteiger partial charge in [0.1, 0.15) is 0 Å². The summed E-state index contributed by atoms with van der Waals surface area (Å²) in [5.74, 6) is 1.45. The molecule has 72 valence electrons. The maximum absolute atomic E-state index is 3.99. The predicted molar refractivity (Wildman–Crippen MR) is 56.1 cm³/mol. The van der Waals surface area contributed by atoms with Gasteiger partial charge in [-0.1, -0.05) is 34.3 Å². The molecule has 0 bridgehead atoms. The third kappa shape index (κ3) is 5.22. The molecule has 0 aromatic heterocycles. The molecule has 0 aromatic rings. The fourth-order valence-corrected chi connectivity index (χ4v) is 1.27. The average molecular weight is 169 g/mol. The van der Waals surface area contributed by atoms with Crippen LogP contribution in [0.4, 0.5) is 0 Å². The molecule has 0 aromatic carbocycles. The Morgan fingerprint density at radius 2 is 1.42 bits per heavy atom. The molecule has 0 spiro atoms. The molecule has 0 unspecified atom stereocenters. The topological polar surface area (TPSA) is 3.24 Å². The van der Waals surface area contributed by atoms with Gasteiger partial charge in [-0.3, -0.25) is 0 Å². The quantitative estimate of drug-likeness (QED) is 0.611. The average Bonchev–Trinajstić information content (AvgIpc) is 1.83. The van der Waals surface area contributed by atoms with Gasteiger partial charge in [-0.05, 0) is 18.8 Å². The van der Waals surface area contributed by atoms with Gasteiger partial charge in [0.05, 0.1) is 0 Å². The van der Waals surface area contributed by atoms with E-state index in [9.17, 15) is 0 Å². The molecule has 12 heavy (non-hydrogen) atoms. The van der Waals surface area contributed by atoms with Crippen molar-refractivity contribution in [2.24, 2.45) is 11.8 Å². The molecule has 0 radical (unpaired) electrons. The summed E-state index contributed by atoms with van der Waals surface area (Å²) in [6.45, 7) is 17.3. The second-order valence-corrected chi connectivity index (χ2v) is 4.43. The van der Waals surface area contributed by atoms with E-state index in [1.807, 2.05) is 0 Å². The van der Waals surface area contributed by atoms with Gasteiger partial charge < -0.3 is 4.90 Å². The van der Waals surface area contributed by atoms with Crippen LogP contribution in [0.2, 0.25) is 0 Å². The first-order valence-corrected chi connectivity index (χ1v) is 4.84. The van der Waals surface area contributed by atoms with Gasteiger partial charge in [0.15, 0.2) is 0 Å². The first-order valence-electron chi connectivity index (χ1n) is 4.84. The molecule has 0 amide bonds. The van der Waals surface area contributed by atoms with Gasteiger partial charge >= 0.3 is 0 Å². The summed E-state index contributed by atoms with van der Waals surface area (Å²) in [6.07, 6.45) is 0. The van der Waals surface area contributed by atoms with Crippen molar-refractivity contribution in [2.75, 3.05) is 13.1 Å². The van der Waals surface area contributed by atoms with Crippen molar-refractivity contribution in [3.05, 3.63) is 12.3 Å². The minimum absolute atomic E-state index is 0.723.